The fraction of sp³-hybridized carbons (Fsp3) is 0.100. The van der Waals surface area contributed by atoms with Crippen LogP contribution in [-0.2, 0) is 0 Å². The van der Waals surface area contributed by atoms with Gasteiger partial charge in [-0.15, -0.1) is 6.58 Å². The molecule has 0 aromatic heterocycles. The van der Waals surface area contributed by atoms with E-state index in [4.69, 9.17) is 16.6 Å². The van der Waals surface area contributed by atoms with Gasteiger partial charge >= 0.3 is 5.97 Å². The molecular weight excluding hydrogens is 180 g/mol. The summed E-state index contributed by atoms with van der Waals surface area (Å²) in [7, 11) is 0. The van der Waals surface area contributed by atoms with Gasteiger partial charge in [0.25, 0.3) is 0 Å². The van der Waals surface area contributed by atoms with Gasteiger partial charge in [-0.2, -0.15) is 0 Å². The van der Waals surface area contributed by atoms with Crippen LogP contribution in [0.3, 0.4) is 0 Å². The Kier molecular flexibility index (Phi) is 2.89. The molecule has 4 heteroatoms. The lowest BCUT2D eigenvalue weighted by molar-refractivity contribution is 0.0695. The first-order valence-electron chi connectivity index (χ1n) is 4.07. The summed E-state index contributed by atoms with van der Waals surface area (Å²) < 4.78 is 0. The largest absolute Gasteiger partial charge is 0.478 e. The van der Waals surface area contributed by atoms with Gasteiger partial charge in [0.05, 0.1) is 5.56 Å². The zero-order chi connectivity index (χ0) is 10.7. The van der Waals surface area contributed by atoms with E-state index in [-0.39, 0.29) is 5.56 Å². The van der Waals surface area contributed by atoms with Crippen molar-refractivity contribution in [1.29, 1.82) is 0 Å². The van der Waals surface area contributed by atoms with Crippen LogP contribution in [-0.4, -0.2) is 11.1 Å². The minimum absolute atomic E-state index is 0.159. The summed E-state index contributed by atoms with van der Waals surface area (Å²) in [6, 6.07) is 4.01. The van der Waals surface area contributed by atoms with E-state index in [1.807, 2.05) is 0 Å². The van der Waals surface area contributed by atoms with Crippen molar-refractivity contribution in [3.63, 3.8) is 0 Å². The summed E-state index contributed by atoms with van der Waals surface area (Å²) in [5, 5.41) is 8.87. The molecule has 0 radical (unpaired) electrons. The van der Waals surface area contributed by atoms with Crippen molar-refractivity contribution >= 4 is 11.7 Å². The maximum atomic E-state index is 10.8. The van der Waals surface area contributed by atoms with E-state index in [0.717, 1.165) is 0 Å². The SMILES string of the molecule is C=C[C@H](N)c1cc(N)ccc1C(=O)O. The highest BCUT2D eigenvalue weighted by Crippen LogP contribution is 2.20. The third-order valence-corrected chi connectivity index (χ3v) is 1.92. The van der Waals surface area contributed by atoms with Gasteiger partial charge in [-0.1, -0.05) is 6.08 Å². The second-order valence-corrected chi connectivity index (χ2v) is 2.91. The summed E-state index contributed by atoms with van der Waals surface area (Å²) in [6.07, 6.45) is 1.47. The molecule has 0 aliphatic heterocycles. The summed E-state index contributed by atoms with van der Waals surface area (Å²) in [4.78, 5) is 10.8. The quantitative estimate of drug-likeness (QED) is 0.495. The van der Waals surface area contributed by atoms with Gasteiger partial charge in [0, 0.05) is 11.7 Å². The average Bonchev–Trinajstić information content (AvgIpc) is 2.16. The number of rotatable bonds is 3. The molecule has 1 aromatic rings. The van der Waals surface area contributed by atoms with Crippen LogP contribution < -0.4 is 11.5 Å². The van der Waals surface area contributed by atoms with Crippen LogP contribution in [0.4, 0.5) is 5.69 Å². The van der Waals surface area contributed by atoms with Crippen molar-refractivity contribution in [2.24, 2.45) is 5.73 Å². The molecule has 1 atom stereocenters. The van der Waals surface area contributed by atoms with E-state index in [9.17, 15) is 4.79 Å². The Morgan fingerprint density at radius 1 is 1.57 bits per heavy atom. The number of carboxylic acids is 1. The lowest BCUT2D eigenvalue weighted by atomic mass is 10.0. The molecule has 0 spiro atoms. The average molecular weight is 192 g/mol. The molecule has 0 saturated heterocycles. The first-order chi connectivity index (χ1) is 6.56. The maximum Gasteiger partial charge on any atom is 0.336 e. The molecule has 0 bridgehead atoms. The lowest BCUT2D eigenvalue weighted by Crippen LogP contribution is -2.13. The van der Waals surface area contributed by atoms with E-state index < -0.39 is 12.0 Å². The molecule has 0 saturated carbocycles. The number of aromatic carboxylic acids is 1. The standard InChI is InChI=1S/C10H12N2O2/c1-2-9(12)8-5-6(11)3-4-7(8)10(13)14/h2-5,9H,1,11-12H2,(H,13,14)/t9-/m0/s1. The van der Waals surface area contributed by atoms with Gasteiger partial charge < -0.3 is 16.6 Å². The molecule has 14 heavy (non-hydrogen) atoms. The Balaban J connectivity index is 3.29. The van der Waals surface area contributed by atoms with Crippen molar-refractivity contribution in [3.8, 4) is 0 Å². The number of hydrogen-bond acceptors (Lipinski definition) is 3. The van der Waals surface area contributed by atoms with Crippen LogP contribution in [0.15, 0.2) is 30.9 Å². The summed E-state index contributed by atoms with van der Waals surface area (Å²) in [5.74, 6) is -1.02. The van der Waals surface area contributed by atoms with Crippen LogP contribution in [0.2, 0.25) is 0 Å². The minimum atomic E-state index is -1.02. The summed E-state index contributed by atoms with van der Waals surface area (Å²) >= 11 is 0. The zero-order valence-corrected chi connectivity index (χ0v) is 7.60. The van der Waals surface area contributed by atoms with Crippen LogP contribution in [0.1, 0.15) is 22.0 Å². The van der Waals surface area contributed by atoms with Gasteiger partial charge in [-0.3, -0.25) is 0 Å². The highest BCUT2D eigenvalue weighted by atomic mass is 16.4. The number of nitrogens with two attached hydrogens (primary N) is 2. The zero-order valence-electron chi connectivity index (χ0n) is 7.60. The van der Waals surface area contributed by atoms with Crippen molar-refractivity contribution in [1.82, 2.24) is 0 Å². The molecule has 0 amide bonds. The normalized spacial score (nSPS) is 12.1. The molecule has 1 rings (SSSR count). The number of hydrogen-bond donors (Lipinski definition) is 3. The van der Waals surface area contributed by atoms with Gasteiger partial charge in [0.2, 0.25) is 0 Å². The number of anilines is 1. The molecule has 74 valence electrons. The minimum Gasteiger partial charge on any atom is -0.478 e. The van der Waals surface area contributed by atoms with Crippen molar-refractivity contribution < 1.29 is 9.90 Å². The van der Waals surface area contributed by atoms with E-state index in [1.54, 1.807) is 6.07 Å². The molecule has 5 N–H and O–H groups in total. The second kappa shape index (κ2) is 3.93. The van der Waals surface area contributed by atoms with Crippen LogP contribution in [0.5, 0.6) is 0 Å². The Hall–Kier alpha value is -1.81. The second-order valence-electron chi connectivity index (χ2n) is 2.91. The molecule has 0 aliphatic rings. The Bertz CT molecular complexity index is 374. The first kappa shape index (κ1) is 10.3. The molecule has 4 nitrogen and oxygen atoms in total. The third kappa shape index (κ3) is 1.92. The van der Waals surface area contributed by atoms with E-state index in [2.05, 4.69) is 6.58 Å². The highest BCUT2D eigenvalue weighted by Gasteiger charge is 2.13. The predicted molar refractivity (Wildman–Crippen MR) is 54.9 cm³/mol. The highest BCUT2D eigenvalue weighted by molar-refractivity contribution is 5.90. The number of carbonyl (C=O) groups is 1. The van der Waals surface area contributed by atoms with Gasteiger partial charge in [0.1, 0.15) is 0 Å². The van der Waals surface area contributed by atoms with Crippen molar-refractivity contribution in [2.75, 3.05) is 5.73 Å². The Morgan fingerprint density at radius 2 is 2.21 bits per heavy atom. The van der Waals surface area contributed by atoms with Crippen LogP contribution >= 0.6 is 0 Å². The predicted octanol–water partition coefficient (Wildman–Crippen LogP) is 1.15. The van der Waals surface area contributed by atoms with Crippen molar-refractivity contribution in [2.45, 2.75) is 6.04 Å². The smallest absolute Gasteiger partial charge is 0.336 e. The van der Waals surface area contributed by atoms with Gasteiger partial charge in [-0.05, 0) is 23.8 Å². The first-order valence-corrected chi connectivity index (χ1v) is 4.07. The summed E-state index contributed by atoms with van der Waals surface area (Å²) in [6.45, 7) is 3.51. The van der Waals surface area contributed by atoms with Gasteiger partial charge in [0.15, 0.2) is 0 Å². The number of carboxylic acid groups (broad SMARTS) is 1. The topological polar surface area (TPSA) is 89.3 Å². The lowest BCUT2D eigenvalue weighted by Gasteiger charge is -2.10. The van der Waals surface area contributed by atoms with Gasteiger partial charge in [-0.25, -0.2) is 4.79 Å². The molecule has 1 aromatic carbocycles. The van der Waals surface area contributed by atoms with Crippen LogP contribution in [0, 0.1) is 0 Å². The molecular formula is C10H12N2O2. The fourth-order valence-electron chi connectivity index (χ4n) is 1.18. The van der Waals surface area contributed by atoms with E-state index >= 15 is 0 Å². The number of nitrogen functional groups attached to an aromatic ring is 1. The molecule has 0 fully saturated rings. The maximum absolute atomic E-state index is 10.8. The van der Waals surface area contributed by atoms with Crippen molar-refractivity contribution in [3.05, 3.63) is 42.0 Å². The number of benzene rings is 1. The summed E-state index contributed by atoms with van der Waals surface area (Å²) in [5.41, 5.74) is 12.3. The Labute approximate surface area is 81.8 Å². The molecule has 0 heterocycles. The van der Waals surface area contributed by atoms with E-state index in [0.29, 0.717) is 11.3 Å². The monoisotopic (exact) mass is 192 g/mol. The molecule has 0 aliphatic carbocycles. The van der Waals surface area contributed by atoms with Crippen LogP contribution in [0.25, 0.3) is 0 Å². The fourth-order valence-corrected chi connectivity index (χ4v) is 1.18. The Morgan fingerprint density at radius 3 is 2.71 bits per heavy atom. The third-order valence-electron chi connectivity index (χ3n) is 1.92. The molecule has 0 unspecified atom stereocenters. The van der Waals surface area contributed by atoms with E-state index in [1.165, 1.54) is 18.2 Å².